The number of hydrogen-bond donors (Lipinski definition) is 3. The van der Waals surface area contributed by atoms with Gasteiger partial charge in [-0.3, -0.25) is 19.0 Å². The molecule has 0 aromatic carbocycles. The van der Waals surface area contributed by atoms with Gasteiger partial charge in [-0.15, -0.1) is 0 Å². The van der Waals surface area contributed by atoms with Gasteiger partial charge < -0.3 is 5.73 Å². The van der Waals surface area contributed by atoms with Crippen LogP contribution in [0.25, 0.3) is 0 Å². The van der Waals surface area contributed by atoms with Crippen molar-refractivity contribution < 1.29 is 9.59 Å². The Morgan fingerprint density at radius 2 is 2.00 bits per heavy atom. The van der Waals surface area contributed by atoms with Gasteiger partial charge in [-0.2, -0.15) is 0 Å². The molecule has 1 rings (SSSR count). The van der Waals surface area contributed by atoms with Gasteiger partial charge in [-0.25, -0.2) is 0 Å². The first-order valence-electron chi connectivity index (χ1n) is 2.87. The van der Waals surface area contributed by atoms with Gasteiger partial charge in [-0.1, -0.05) is 0 Å². The average molecular weight is 193 g/mol. The van der Waals surface area contributed by atoms with Crippen LogP contribution in [0.3, 0.4) is 0 Å². The maximum atomic E-state index is 10.9. The SMILES string of the molecule is N[C@H]1CC(=O)NSSNC1=O. The fourth-order valence-electron chi connectivity index (χ4n) is 0.539. The van der Waals surface area contributed by atoms with Crippen LogP contribution < -0.4 is 15.2 Å². The molecule has 0 unspecified atom stereocenters. The normalized spacial score (nSPS) is 26.5. The molecule has 0 bridgehead atoms. The van der Waals surface area contributed by atoms with Crippen molar-refractivity contribution in [2.75, 3.05) is 0 Å². The highest BCUT2D eigenvalue weighted by Gasteiger charge is 2.19. The van der Waals surface area contributed by atoms with Gasteiger partial charge in [-0.05, 0) is 0 Å². The second kappa shape index (κ2) is 3.84. The molecule has 0 saturated carbocycles. The van der Waals surface area contributed by atoms with Crippen molar-refractivity contribution in [1.82, 2.24) is 9.44 Å². The minimum Gasteiger partial charge on any atom is -0.319 e. The highest BCUT2D eigenvalue weighted by molar-refractivity contribution is 8.75. The maximum Gasteiger partial charge on any atom is 0.247 e. The van der Waals surface area contributed by atoms with E-state index >= 15 is 0 Å². The van der Waals surface area contributed by atoms with Crippen molar-refractivity contribution in [1.29, 1.82) is 0 Å². The lowest BCUT2D eigenvalue weighted by Crippen LogP contribution is -2.42. The Balaban J connectivity index is 2.51. The first-order chi connectivity index (χ1) is 5.20. The molecule has 1 atom stereocenters. The van der Waals surface area contributed by atoms with E-state index in [0.29, 0.717) is 0 Å². The molecule has 0 spiro atoms. The molecule has 1 saturated heterocycles. The number of carbonyl (C=O) groups excluding carboxylic acids is 2. The molecule has 7 heteroatoms. The van der Waals surface area contributed by atoms with Crippen LogP contribution in [0.5, 0.6) is 0 Å². The lowest BCUT2D eigenvalue weighted by molar-refractivity contribution is -0.125. The van der Waals surface area contributed by atoms with Gasteiger partial charge in [0.2, 0.25) is 11.8 Å². The molecular formula is C4H7N3O2S2. The fourth-order valence-corrected chi connectivity index (χ4v) is 1.81. The molecule has 11 heavy (non-hydrogen) atoms. The second-order valence-electron chi connectivity index (χ2n) is 1.97. The maximum absolute atomic E-state index is 10.9. The van der Waals surface area contributed by atoms with Gasteiger partial charge in [0, 0.05) is 22.0 Å². The third kappa shape index (κ3) is 2.60. The summed E-state index contributed by atoms with van der Waals surface area (Å²) in [6.45, 7) is 0. The molecule has 1 aliphatic rings. The lowest BCUT2D eigenvalue weighted by atomic mass is 10.2. The monoisotopic (exact) mass is 193 g/mol. The van der Waals surface area contributed by atoms with E-state index in [0.717, 1.165) is 22.0 Å². The highest BCUT2D eigenvalue weighted by Crippen LogP contribution is 2.15. The van der Waals surface area contributed by atoms with Crippen LogP contribution in [-0.2, 0) is 9.59 Å². The molecule has 0 radical (unpaired) electrons. The van der Waals surface area contributed by atoms with Crippen molar-refractivity contribution in [3.63, 3.8) is 0 Å². The predicted molar refractivity (Wildman–Crippen MR) is 44.1 cm³/mol. The van der Waals surface area contributed by atoms with E-state index in [-0.39, 0.29) is 18.2 Å². The molecule has 2 amide bonds. The van der Waals surface area contributed by atoms with E-state index in [4.69, 9.17) is 5.73 Å². The largest absolute Gasteiger partial charge is 0.319 e. The zero-order valence-electron chi connectivity index (χ0n) is 5.49. The third-order valence-corrected chi connectivity index (χ3v) is 2.51. The van der Waals surface area contributed by atoms with Gasteiger partial charge >= 0.3 is 0 Å². The minimum absolute atomic E-state index is 0.0411. The van der Waals surface area contributed by atoms with Crippen molar-refractivity contribution in [3.8, 4) is 0 Å². The Hall–Kier alpha value is -0.400. The quantitative estimate of drug-likeness (QED) is 0.345. The molecular weight excluding hydrogens is 186 g/mol. The van der Waals surface area contributed by atoms with Gasteiger partial charge in [0.25, 0.3) is 0 Å². The number of amides is 2. The van der Waals surface area contributed by atoms with Gasteiger partial charge in [0.15, 0.2) is 0 Å². The Morgan fingerprint density at radius 1 is 1.36 bits per heavy atom. The number of hydrogen-bond acceptors (Lipinski definition) is 5. The van der Waals surface area contributed by atoms with Crippen molar-refractivity contribution >= 4 is 33.8 Å². The number of carbonyl (C=O) groups is 2. The molecule has 0 aliphatic carbocycles. The van der Waals surface area contributed by atoms with Crippen molar-refractivity contribution in [2.45, 2.75) is 12.5 Å². The van der Waals surface area contributed by atoms with E-state index in [1.807, 2.05) is 0 Å². The summed E-state index contributed by atoms with van der Waals surface area (Å²) >= 11 is 0. The summed E-state index contributed by atoms with van der Waals surface area (Å²) in [5, 5.41) is 0. The van der Waals surface area contributed by atoms with Crippen LogP contribution in [0.4, 0.5) is 0 Å². The molecule has 1 fully saturated rings. The van der Waals surface area contributed by atoms with Crippen LogP contribution >= 0.6 is 22.0 Å². The summed E-state index contributed by atoms with van der Waals surface area (Å²) in [6.07, 6.45) is 0.0411. The zero-order valence-corrected chi connectivity index (χ0v) is 7.13. The first kappa shape index (κ1) is 8.69. The molecule has 1 heterocycles. The summed E-state index contributed by atoms with van der Waals surface area (Å²) in [6, 6.07) is -0.733. The third-order valence-electron chi connectivity index (χ3n) is 1.08. The first-order valence-corrected chi connectivity index (χ1v) is 5.02. The number of nitrogens with one attached hydrogen (secondary N) is 2. The minimum atomic E-state index is -0.733. The van der Waals surface area contributed by atoms with Gasteiger partial charge in [0.05, 0.1) is 12.5 Å². The molecule has 0 aromatic rings. The van der Waals surface area contributed by atoms with Crippen molar-refractivity contribution in [2.24, 2.45) is 5.73 Å². The van der Waals surface area contributed by atoms with Crippen LogP contribution in [-0.4, -0.2) is 17.9 Å². The molecule has 0 aromatic heterocycles. The second-order valence-corrected chi connectivity index (χ2v) is 3.71. The topological polar surface area (TPSA) is 84.2 Å². The van der Waals surface area contributed by atoms with Crippen LogP contribution in [0.1, 0.15) is 6.42 Å². The lowest BCUT2D eigenvalue weighted by Gasteiger charge is -2.13. The Kier molecular flexibility index (Phi) is 3.03. The van der Waals surface area contributed by atoms with Crippen LogP contribution in [0.15, 0.2) is 0 Å². The molecule has 1 aliphatic heterocycles. The smallest absolute Gasteiger partial charge is 0.247 e. The van der Waals surface area contributed by atoms with Crippen LogP contribution in [0, 0.1) is 0 Å². The molecule has 62 valence electrons. The van der Waals surface area contributed by atoms with E-state index in [1.165, 1.54) is 0 Å². The predicted octanol–water partition coefficient (Wildman–Crippen LogP) is -0.839. The summed E-state index contributed by atoms with van der Waals surface area (Å²) in [5.41, 5.74) is 5.34. The van der Waals surface area contributed by atoms with Gasteiger partial charge in [0.1, 0.15) is 0 Å². The summed E-state index contributed by atoms with van der Waals surface area (Å²) in [7, 11) is 2.12. The zero-order chi connectivity index (χ0) is 8.27. The Bertz CT molecular complexity index is 186. The summed E-state index contributed by atoms with van der Waals surface area (Å²) < 4.78 is 4.94. The molecule has 4 N–H and O–H groups in total. The van der Waals surface area contributed by atoms with E-state index in [2.05, 4.69) is 9.44 Å². The summed E-state index contributed by atoms with van der Waals surface area (Å²) in [4.78, 5) is 21.6. The molecule has 5 nitrogen and oxygen atoms in total. The van der Waals surface area contributed by atoms with Crippen LogP contribution in [0.2, 0.25) is 0 Å². The average Bonchev–Trinajstić information content (AvgIpc) is 1.95. The summed E-state index contributed by atoms with van der Waals surface area (Å²) in [5.74, 6) is -0.526. The van der Waals surface area contributed by atoms with E-state index in [1.54, 1.807) is 0 Å². The number of rotatable bonds is 0. The Morgan fingerprint density at radius 3 is 2.73 bits per heavy atom. The van der Waals surface area contributed by atoms with E-state index in [9.17, 15) is 9.59 Å². The Labute approximate surface area is 71.5 Å². The number of nitrogens with two attached hydrogens (primary N) is 1. The fraction of sp³-hybridized carbons (Fsp3) is 0.500. The van der Waals surface area contributed by atoms with E-state index < -0.39 is 6.04 Å². The standard InChI is InChI=1S/C4H7N3O2S2/c5-2-1-3(8)6-10-11-7-4(2)9/h2H,1,5H2,(H,6,8)(H,7,9)/t2-/m0/s1. The highest BCUT2D eigenvalue weighted by atomic mass is 33.1. The van der Waals surface area contributed by atoms with Crippen molar-refractivity contribution in [3.05, 3.63) is 0 Å².